The van der Waals surface area contributed by atoms with Gasteiger partial charge < -0.3 is 10.5 Å². The fourth-order valence-electron chi connectivity index (χ4n) is 2.44. The predicted octanol–water partition coefficient (Wildman–Crippen LogP) is 3.19. The quantitative estimate of drug-likeness (QED) is 0.440. The van der Waals surface area contributed by atoms with Gasteiger partial charge in [0.15, 0.2) is 0 Å². The largest absolute Gasteiger partial charge is 0.491 e. The van der Waals surface area contributed by atoms with Crippen LogP contribution >= 0.6 is 11.8 Å². The third kappa shape index (κ3) is 4.93. The van der Waals surface area contributed by atoms with Gasteiger partial charge in [-0.1, -0.05) is 6.07 Å². The van der Waals surface area contributed by atoms with Crippen LogP contribution in [0.4, 0.5) is 0 Å². The van der Waals surface area contributed by atoms with Crippen LogP contribution in [0.3, 0.4) is 0 Å². The van der Waals surface area contributed by atoms with Crippen molar-refractivity contribution in [2.75, 3.05) is 19.4 Å². The number of ether oxygens (including phenoxy) is 1. The third-order valence-corrected chi connectivity index (χ3v) is 4.19. The molecule has 0 saturated carbocycles. The number of rotatable bonds is 8. The minimum absolute atomic E-state index is 0.0551. The smallest absolute Gasteiger partial charge is 0.131 e. The second-order valence-corrected chi connectivity index (χ2v) is 6.37. The highest BCUT2D eigenvalue weighted by Crippen LogP contribution is 2.28. The van der Waals surface area contributed by atoms with Crippen molar-refractivity contribution in [2.24, 2.45) is 5.73 Å². The van der Waals surface area contributed by atoms with Gasteiger partial charge >= 0.3 is 0 Å². The van der Waals surface area contributed by atoms with Crippen molar-refractivity contribution in [3.63, 3.8) is 0 Å². The van der Waals surface area contributed by atoms with E-state index >= 15 is 0 Å². The molecule has 0 fully saturated rings. The van der Waals surface area contributed by atoms with Crippen LogP contribution in [0.15, 0.2) is 23.1 Å². The topological polar surface area (TPSA) is 62.3 Å². The molecule has 0 saturated heterocycles. The average Bonchev–Trinajstić information content (AvgIpc) is 2.41. The highest BCUT2D eigenvalue weighted by molar-refractivity contribution is 7.98. The first-order chi connectivity index (χ1) is 9.88. The van der Waals surface area contributed by atoms with Crippen LogP contribution in [-0.2, 0) is 0 Å². The molecule has 1 aromatic carbocycles. The molecule has 0 bridgehead atoms. The van der Waals surface area contributed by atoms with Crippen molar-refractivity contribution in [2.45, 2.75) is 44.7 Å². The molecule has 0 aliphatic heterocycles. The molecule has 0 aromatic heterocycles. The first kappa shape index (κ1) is 17.9. The molecule has 1 rings (SSSR count). The zero-order valence-electron chi connectivity index (χ0n) is 13.6. The Morgan fingerprint density at radius 2 is 1.90 bits per heavy atom. The van der Waals surface area contributed by atoms with Crippen LogP contribution in [0.5, 0.6) is 5.75 Å². The monoisotopic (exact) mass is 309 g/mol. The molecule has 5 heteroatoms. The molecule has 4 nitrogen and oxygen atoms in total. The van der Waals surface area contributed by atoms with E-state index in [0.717, 1.165) is 11.4 Å². The van der Waals surface area contributed by atoms with Gasteiger partial charge in [-0.3, -0.25) is 10.3 Å². The molecule has 0 heterocycles. The van der Waals surface area contributed by atoms with Crippen molar-refractivity contribution >= 4 is 17.6 Å². The Labute approximate surface area is 132 Å². The Hall–Kier alpha value is -1.20. The maximum Gasteiger partial charge on any atom is 0.131 e. The fourth-order valence-corrected chi connectivity index (χ4v) is 3.07. The fraction of sp³-hybridized carbons (Fsp3) is 0.562. The summed E-state index contributed by atoms with van der Waals surface area (Å²) in [6, 6.07) is 6.75. The van der Waals surface area contributed by atoms with E-state index in [0.29, 0.717) is 30.0 Å². The van der Waals surface area contributed by atoms with Crippen LogP contribution < -0.4 is 10.5 Å². The van der Waals surface area contributed by atoms with E-state index < -0.39 is 0 Å². The number of benzene rings is 1. The van der Waals surface area contributed by atoms with Gasteiger partial charge in [-0.05, 0) is 46.1 Å². The van der Waals surface area contributed by atoms with E-state index in [-0.39, 0.29) is 5.84 Å². The lowest BCUT2D eigenvalue weighted by molar-refractivity contribution is 0.142. The summed E-state index contributed by atoms with van der Waals surface area (Å²) in [5, 5.41) is 7.75. The van der Waals surface area contributed by atoms with Gasteiger partial charge in [0, 0.05) is 23.5 Å². The summed E-state index contributed by atoms with van der Waals surface area (Å²) in [4.78, 5) is 3.36. The summed E-state index contributed by atoms with van der Waals surface area (Å²) in [5.41, 5.74) is 6.40. The second-order valence-electron chi connectivity index (χ2n) is 5.52. The standard InChI is InChI=1S/C16H27N3OS/c1-11(2)19(12(3)4)9-10-20-13-7-6-8-14(21-5)15(13)16(17)18/h6-8,11-12H,9-10H2,1-5H3,(H3,17,18). The summed E-state index contributed by atoms with van der Waals surface area (Å²) < 4.78 is 5.90. The van der Waals surface area contributed by atoms with Gasteiger partial charge in [-0.25, -0.2) is 0 Å². The van der Waals surface area contributed by atoms with Crippen LogP contribution in [0, 0.1) is 5.41 Å². The third-order valence-electron chi connectivity index (χ3n) is 3.41. The van der Waals surface area contributed by atoms with E-state index in [9.17, 15) is 0 Å². The van der Waals surface area contributed by atoms with E-state index in [1.54, 1.807) is 11.8 Å². The number of nitrogens with two attached hydrogens (primary N) is 1. The summed E-state index contributed by atoms with van der Waals surface area (Å²) in [6.45, 7) is 10.2. The number of amidine groups is 1. The minimum atomic E-state index is 0.0551. The predicted molar refractivity (Wildman–Crippen MR) is 91.7 cm³/mol. The van der Waals surface area contributed by atoms with Gasteiger partial charge in [0.1, 0.15) is 18.2 Å². The first-order valence-corrected chi connectivity index (χ1v) is 8.50. The molecule has 0 spiro atoms. The van der Waals surface area contributed by atoms with Crippen molar-refractivity contribution in [3.05, 3.63) is 23.8 Å². The van der Waals surface area contributed by atoms with Gasteiger partial charge in [-0.15, -0.1) is 11.8 Å². The van der Waals surface area contributed by atoms with Crippen LogP contribution in [0.1, 0.15) is 33.3 Å². The van der Waals surface area contributed by atoms with Crippen molar-refractivity contribution in [3.8, 4) is 5.75 Å². The number of hydrogen-bond acceptors (Lipinski definition) is 4. The number of thioether (sulfide) groups is 1. The Morgan fingerprint density at radius 3 is 2.38 bits per heavy atom. The molecule has 0 unspecified atom stereocenters. The Balaban J connectivity index is 2.78. The molecule has 0 aliphatic carbocycles. The molecule has 0 radical (unpaired) electrons. The van der Waals surface area contributed by atoms with E-state index in [1.807, 2.05) is 24.5 Å². The highest BCUT2D eigenvalue weighted by atomic mass is 32.2. The molecule has 1 aromatic rings. The van der Waals surface area contributed by atoms with Gasteiger partial charge in [0.2, 0.25) is 0 Å². The summed E-state index contributed by atoms with van der Waals surface area (Å²) in [5.74, 6) is 0.751. The van der Waals surface area contributed by atoms with Crippen molar-refractivity contribution < 1.29 is 4.74 Å². The van der Waals surface area contributed by atoms with E-state index in [4.69, 9.17) is 15.9 Å². The van der Waals surface area contributed by atoms with Crippen LogP contribution in [-0.4, -0.2) is 42.2 Å². The van der Waals surface area contributed by atoms with Crippen molar-refractivity contribution in [1.82, 2.24) is 4.90 Å². The van der Waals surface area contributed by atoms with Crippen molar-refractivity contribution in [1.29, 1.82) is 5.41 Å². The number of nitrogen functional groups attached to an aromatic ring is 1. The maximum atomic E-state index is 7.75. The van der Waals surface area contributed by atoms with Crippen LogP contribution in [0.2, 0.25) is 0 Å². The number of nitrogens with zero attached hydrogens (tertiary/aromatic N) is 1. The zero-order chi connectivity index (χ0) is 16.0. The van der Waals surface area contributed by atoms with Gasteiger partial charge in [0.25, 0.3) is 0 Å². The molecular formula is C16H27N3OS. The summed E-state index contributed by atoms with van der Waals surface area (Å²) >= 11 is 1.58. The Morgan fingerprint density at radius 1 is 1.29 bits per heavy atom. The summed E-state index contributed by atoms with van der Waals surface area (Å²) in [6.07, 6.45) is 1.98. The molecule has 21 heavy (non-hydrogen) atoms. The lowest BCUT2D eigenvalue weighted by Gasteiger charge is -2.30. The number of hydrogen-bond donors (Lipinski definition) is 2. The Kier molecular flexibility index (Phi) is 7.05. The van der Waals surface area contributed by atoms with Gasteiger partial charge in [0.05, 0.1) is 5.56 Å². The lowest BCUT2D eigenvalue weighted by atomic mass is 10.2. The SMILES string of the molecule is CSc1cccc(OCCN(C(C)C)C(C)C)c1C(=N)N. The zero-order valence-corrected chi connectivity index (χ0v) is 14.5. The molecule has 0 aliphatic rings. The molecular weight excluding hydrogens is 282 g/mol. The van der Waals surface area contributed by atoms with E-state index in [2.05, 4.69) is 32.6 Å². The van der Waals surface area contributed by atoms with E-state index in [1.165, 1.54) is 0 Å². The highest BCUT2D eigenvalue weighted by Gasteiger charge is 2.15. The second kappa shape index (κ2) is 8.29. The van der Waals surface area contributed by atoms with Crippen LogP contribution in [0.25, 0.3) is 0 Å². The minimum Gasteiger partial charge on any atom is -0.491 e. The lowest BCUT2D eigenvalue weighted by Crippen LogP contribution is -2.39. The van der Waals surface area contributed by atoms with Gasteiger partial charge in [-0.2, -0.15) is 0 Å². The maximum absolute atomic E-state index is 7.75. The molecule has 118 valence electrons. The first-order valence-electron chi connectivity index (χ1n) is 7.28. The Bertz CT molecular complexity index is 467. The molecule has 0 atom stereocenters. The normalized spacial score (nSPS) is 11.4. The number of nitrogens with one attached hydrogen (secondary N) is 1. The molecule has 3 N–H and O–H groups in total. The summed E-state index contributed by atoms with van der Waals surface area (Å²) in [7, 11) is 0. The average molecular weight is 309 g/mol. The molecule has 0 amide bonds.